The first-order chi connectivity index (χ1) is 5.24. The molecular formula is C9H21N2O+. The summed E-state index contributed by atoms with van der Waals surface area (Å²) < 4.78 is 7.55. The van der Waals surface area contributed by atoms with Crippen LogP contribution in [0.25, 0.3) is 0 Å². The number of hydrogen-bond acceptors (Lipinski definition) is 2. The molecule has 0 N–H and O–H groups in total. The van der Waals surface area contributed by atoms with Gasteiger partial charge in [0.2, 0.25) is 0 Å². The van der Waals surface area contributed by atoms with Crippen molar-refractivity contribution in [1.82, 2.24) is 4.90 Å². The normalized spacial score (nSPS) is 14.9. The van der Waals surface area contributed by atoms with E-state index in [9.17, 15) is 0 Å². The van der Waals surface area contributed by atoms with Crippen molar-refractivity contribution in [2.75, 3.05) is 21.1 Å². The molecular weight excluding hydrogens is 152 g/mol. The van der Waals surface area contributed by atoms with Gasteiger partial charge in [-0.25, -0.2) is 9.48 Å². The van der Waals surface area contributed by atoms with Gasteiger partial charge in [-0.05, 0) is 34.9 Å². The molecule has 0 aliphatic heterocycles. The van der Waals surface area contributed by atoms with Gasteiger partial charge in [-0.2, -0.15) is 0 Å². The highest BCUT2D eigenvalue weighted by atomic mass is 16.5. The van der Waals surface area contributed by atoms with E-state index in [1.165, 1.54) is 0 Å². The Bertz CT molecular complexity index is 158. The second kappa shape index (κ2) is 4.01. The number of nitrogens with zero attached hydrogens (tertiary/aromatic N) is 2. The molecule has 0 aromatic carbocycles. The van der Waals surface area contributed by atoms with Crippen LogP contribution in [0.2, 0.25) is 0 Å². The van der Waals surface area contributed by atoms with E-state index in [4.69, 9.17) is 4.74 Å². The SMILES string of the molecule is C=[N+](C)C(OC(C)(C)C)N(C)C. The lowest BCUT2D eigenvalue weighted by Gasteiger charge is -2.27. The van der Waals surface area contributed by atoms with E-state index in [2.05, 4.69) is 6.72 Å². The summed E-state index contributed by atoms with van der Waals surface area (Å²) in [5, 5.41) is 0. The second-order valence-corrected chi connectivity index (χ2v) is 4.28. The summed E-state index contributed by atoms with van der Waals surface area (Å²) in [6.07, 6.45) is -0.0648. The van der Waals surface area contributed by atoms with Crippen LogP contribution in [0.5, 0.6) is 0 Å². The molecule has 0 aliphatic rings. The van der Waals surface area contributed by atoms with Gasteiger partial charge in [-0.1, -0.05) is 0 Å². The third-order valence-corrected chi connectivity index (χ3v) is 1.28. The molecule has 0 fully saturated rings. The molecule has 0 amide bonds. The van der Waals surface area contributed by atoms with Crippen LogP contribution in [0.1, 0.15) is 20.8 Å². The van der Waals surface area contributed by atoms with Gasteiger partial charge in [0.1, 0.15) is 13.8 Å². The Hall–Kier alpha value is -0.410. The Morgan fingerprint density at radius 2 is 1.75 bits per heavy atom. The predicted molar refractivity (Wildman–Crippen MR) is 51.6 cm³/mol. The van der Waals surface area contributed by atoms with Gasteiger partial charge < -0.3 is 4.74 Å². The molecule has 72 valence electrons. The molecule has 0 heterocycles. The smallest absolute Gasteiger partial charge is 0.302 e. The molecule has 0 bridgehead atoms. The zero-order valence-electron chi connectivity index (χ0n) is 9.09. The first-order valence-electron chi connectivity index (χ1n) is 4.11. The Morgan fingerprint density at radius 1 is 1.33 bits per heavy atom. The summed E-state index contributed by atoms with van der Waals surface area (Å²) in [6.45, 7) is 9.92. The third kappa shape index (κ3) is 4.46. The van der Waals surface area contributed by atoms with Crippen LogP contribution >= 0.6 is 0 Å². The quantitative estimate of drug-likeness (QED) is 0.359. The molecule has 0 radical (unpaired) electrons. The van der Waals surface area contributed by atoms with E-state index in [1.54, 1.807) is 4.58 Å². The molecule has 3 nitrogen and oxygen atoms in total. The predicted octanol–water partition coefficient (Wildman–Crippen LogP) is 0.990. The van der Waals surface area contributed by atoms with Crippen LogP contribution in [0.3, 0.4) is 0 Å². The first kappa shape index (κ1) is 11.6. The van der Waals surface area contributed by atoms with Gasteiger partial charge in [-0.15, -0.1) is 0 Å². The minimum Gasteiger partial charge on any atom is -0.302 e. The average molecular weight is 173 g/mol. The average Bonchev–Trinajstić information content (AvgIpc) is 1.79. The molecule has 1 unspecified atom stereocenters. The monoisotopic (exact) mass is 173 g/mol. The second-order valence-electron chi connectivity index (χ2n) is 4.28. The molecule has 0 rings (SSSR count). The highest BCUT2D eigenvalue weighted by molar-refractivity contribution is 5.14. The topological polar surface area (TPSA) is 15.5 Å². The minimum atomic E-state index is -0.138. The summed E-state index contributed by atoms with van der Waals surface area (Å²) in [4.78, 5) is 1.98. The lowest BCUT2D eigenvalue weighted by Crippen LogP contribution is -2.43. The lowest BCUT2D eigenvalue weighted by atomic mass is 10.2. The molecule has 1 atom stereocenters. The summed E-state index contributed by atoms with van der Waals surface area (Å²) >= 11 is 0. The maximum atomic E-state index is 5.75. The molecule has 0 saturated carbocycles. The molecule has 0 saturated heterocycles. The van der Waals surface area contributed by atoms with E-state index in [0.717, 1.165) is 0 Å². The summed E-state index contributed by atoms with van der Waals surface area (Å²) in [5.41, 5.74) is -0.138. The van der Waals surface area contributed by atoms with E-state index < -0.39 is 0 Å². The fourth-order valence-corrected chi connectivity index (χ4v) is 0.906. The van der Waals surface area contributed by atoms with Gasteiger partial charge in [-0.3, -0.25) is 0 Å². The number of ether oxygens (including phenoxy) is 1. The van der Waals surface area contributed by atoms with Gasteiger partial charge in [0.15, 0.2) is 0 Å². The van der Waals surface area contributed by atoms with Crippen molar-refractivity contribution < 1.29 is 9.31 Å². The van der Waals surface area contributed by atoms with Crippen LogP contribution < -0.4 is 0 Å². The van der Waals surface area contributed by atoms with Gasteiger partial charge >= 0.3 is 6.35 Å². The van der Waals surface area contributed by atoms with E-state index >= 15 is 0 Å². The zero-order chi connectivity index (χ0) is 9.94. The van der Waals surface area contributed by atoms with Gasteiger partial charge in [0.05, 0.1) is 5.60 Å². The Kier molecular flexibility index (Phi) is 3.87. The number of rotatable bonds is 3. The van der Waals surface area contributed by atoms with Crippen molar-refractivity contribution >= 4 is 6.72 Å². The van der Waals surface area contributed by atoms with Crippen LogP contribution in [0.15, 0.2) is 0 Å². The Morgan fingerprint density at radius 3 is 1.83 bits per heavy atom. The van der Waals surface area contributed by atoms with E-state index in [1.807, 2.05) is 46.8 Å². The van der Waals surface area contributed by atoms with Crippen molar-refractivity contribution in [3.63, 3.8) is 0 Å². The summed E-state index contributed by atoms with van der Waals surface area (Å²) in [7, 11) is 5.84. The lowest BCUT2D eigenvalue weighted by molar-refractivity contribution is -0.616. The summed E-state index contributed by atoms with van der Waals surface area (Å²) in [5.74, 6) is 0. The zero-order valence-corrected chi connectivity index (χ0v) is 9.09. The standard InChI is InChI=1S/C9H21N2O/c1-9(2,3)12-8(10(4)5)11(6)7/h8H,4H2,1-3,5-7H3/q+1. The van der Waals surface area contributed by atoms with Crippen molar-refractivity contribution in [2.45, 2.75) is 32.7 Å². The Balaban J connectivity index is 4.25. The third-order valence-electron chi connectivity index (χ3n) is 1.28. The van der Waals surface area contributed by atoms with Crippen molar-refractivity contribution in [1.29, 1.82) is 0 Å². The maximum absolute atomic E-state index is 5.75. The van der Waals surface area contributed by atoms with E-state index in [-0.39, 0.29) is 12.0 Å². The first-order valence-corrected chi connectivity index (χ1v) is 4.11. The molecule has 12 heavy (non-hydrogen) atoms. The minimum absolute atomic E-state index is 0.0648. The fourth-order valence-electron chi connectivity index (χ4n) is 0.906. The van der Waals surface area contributed by atoms with Crippen molar-refractivity contribution in [3.8, 4) is 0 Å². The highest BCUT2D eigenvalue weighted by Gasteiger charge is 2.25. The van der Waals surface area contributed by atoms with Crippen LogP contribution in [0.4, 0.5) is 0 Å². The summed E-state index contributed by atoms with van der Waals surface area (Å²) in [6, 6.07) is 0. The van der Waals surface area contributed by atoms with Crippen LogP contribution in [0, 0.1) is 0 Å². The Labute approximate surface area is 75.6 Å². The molecule has 0 spiro atoms. The maximum Gasteiger partial charge on any atom is 0.321 e. The van der Waals surface area contributed by atoms with Gasteiger partial charge in [0, 0.05) is 0 Å². The van der Waals surface area contributed by atoms with Crippen molar-refractivity contribution in [2.24, 2.45) is 0 Å². The number of hydrogen-bond donors (Lipinski definition) is 0. The van der Waals surface area contributed by atoms with Crippen LogP contribution in [-0.4, -0.2) is 49.3 Å². The van der Waals surface area contributed by atoms with Crippen LogP contribution in [-0.2, 0) is 4.74 Å². The molecule has 0 aliphatic carbocycles. The highest BCUT2D eigenvalue weighted by Crippen LogP contribution is 2.11. The van der Waals surface area contributed by atoms with Crippen molar-refractivity contribution in [3.05, 3.63) is 0 Å². The molecule has 0 aromatic rings. The largest absolute Gasteiger partial charge is 0.321 e. The van der Waals surface area contributed by atoms with Gasteiger partial charge in [0.25, 0.3) is 0 Å². The molecule has 0 aromatic heterocycles. The fraction of sp³-hybridized carbons (Fsp3) is 0.889. The molecule has 3 heteroatoms. The van der Waals surface area contributed by atoms with E-state index in [0.29, 0.717) is 0 Å².